The number of carbonyl (C=O) groups is 1. The van der Waals surface area contributed by atoms with Crippen molar-refractivity contribution in [2.24, 2.45) is 0 Å². The minimum atomic E-state index is -0.0422. The molecule has 16 heavy (non-hydrogen) atoms. The number of aromatic nitrogens is 1. The lowest BCUT2D eigenvalue weighted by molar-refractivity contribution is 0.103. The number of rotatable bonds is 2. The molecule has 0 aliphatic carbocycles. The largest absolute Gasteiger partial charge is 0.287 e. The number of halogens is 1. The quantitative estimate of drug-likeness (QED) is 0.787. The van der Waals surface area contributed by atoms with Gasteiger partial charge in [-0.25, -0.2) is 0 Å². The van der Waals surface area contributed by atoms with E-state index in [1.165, 1.54) is 0 Å². The molecule has 0 radical (unpaired) electrons. The fourth-order valence-corrected chi connectivity index (χ4v) is 1.89. The fourth-order valence-electron chi connectivity index (χ4n) is 1.49. The van der Waals surface area contributed by atoms with E-state index in [9.17, 15) is 4.79 Å². The second kappa shape index (κ2) is 4.58. The van der Waals surface area contributed by atoms with Crippen LogP contribution in [0.15, 0.2) is 47.1 Å². The molecule has 2 aromatic rings. The van der Waals surface area contributed by atoms with Crippen LogP contribution >= 0.6 is 15.9 Å². The van der Waals surface area contributed by atoms with Crippen LogP contribution in [0.1, 0.15) is 21.6 Å². The monoisotopic (exact) mass is 275 g/mol. The predicted octanol–water partition coefficient (Wildman–Crippen LogP) is 3.38. The van der Waals surface area contributed by atoms with Crippen LogP contribution < -0.4 is 0 Å². The van der Waals surface area contributed by atoms with Crippen molar-refractivity contribution in [2.45, 2.75) is 6.92 Å². The van der Waals surface area contributed by atoms with Gasteiger partial charge in [0.05, 0.1) is 0 Å². The maximum atomic E-state index is 12.1. The van der Waals surface area contributed by atoms with E-state index in [0.717, 1.165) is 10.0 Å². The first-order valence-corrected chi connectivity index (χ1v) is 5.69. The molecule has 1 heterocycles. The number of benzene rings is 1. The molecule has 1 aromatic heterocycles. The van der Waals surface area contributed by atoms with Gasteiger partial charge in [-0.2, -0.15) is 0 Å². The van der Waals surface area contributed by atoms with Gasteiger partial charge in [0.15, 0.2) is 0 Å². The van der Waals surface area contributed by atoms with Crippen LogP contribution in [-0.4, -0.2) is 10.8 Å². The van der Waals surface area contributed by atoms with Gasteiger partial charge in [0.2, 0.25) is 5.78 Å². The molecular weight excluding hydrogens is 266 g/mol. The summed E-state index contributed by atoms with van der Waals surface area (Å²) in [4.78, 5) is 16.3. The zero-order valence-corrected chi connectivity index (χ0v) is 10.4. The van der Waals surface area contributed by atoms with Gasteiger partial charge in [-0.15, -0.1) is 0 Å². The Morgan fingerprint density at radius 3 is 2.75 bits per heavy atom. The highest BCUT2D eigenvalue weighted by Gasteiger charge is 2.12. The first-order valence-electron chi connectivity index (χ1n) is 4.90. The van der Waals surface area contributed by atoms with Gasteiger partial charge >= 0.3 is 0 Å². The second-order valence-electron chi connectivity index (χ2n) is 3.51. The summed E-state index contributed by atoms with van der Waals surface area (Å²) in [5, 5.41) is 0. The van der Waals surface area contributed by atoms with Crippen molar-refractivity contribution in [3.05, 3.63) is 63.9 Å². The van der Waals surface area contributed by atoms with E-state index in [1.807, 2.05) is 31.2 Å². The van der Waals surface area contributed by atoms with Crippen molar-refractivity contribution >= 4 is 21.7 Å². The van der Waals surface area contributed by atoms with Gasteiger partial charge in [-0.1, -0.05) is 34.1 Å². The summed E-state index contributed by atoms with van der Waals surface area (Å²) in [7, 11) is 0. The highest BCUT2D eigenvalue weighted by molar-refractivity contribution is 9.10. The Bertz CT molecular complexity index is 537. The van der Waals surface area contributed by atoms with Crippen LogP contribution in [0, 0.1) is 6.92 Å². The van der Waals surface area contributed by atoms with Crippen LogP contribution in [0.3, 0.4) is 0 Å². The van der Waals surface area contributed by atoms with Gasteiger partial charge in [0.25, 0.3) is 0 Å². The average Bonchev–Trinajstić information content (AvgIpc) is 2.29. The highest BCUT2D eigenvalue weighted by atomic mass is 79.9. The Labute approximate surface area is 102 Å². The molecule has 0 fully saturated rings. The molecule has 1 aromatic carbocycles. The minimum absolute atomic E-state index is 0.0422. The molecule has 3 heteroatoms. The average molecular weight is 276 g/mol. The van der Waals surface area contributed by atoms with Gasteiger partial charge < -0.3 is 0 Å². The third kappa shape index (κ3) is 2.19. The molecule has 2 rings (SSSR count). The van der Waals surface area contributed by atoms with Gasteiger partial charge in [0, 0.05) is 16.2 Å². The molecule has 0 saturated heterocycles. The summed E-state index contributed by atoms with van der Waals surface area (Å²) in [6.45, 7) is 1.89. The summed E-state index contributed by atoms with van der Waals surface area (Å²) in [6, 6.07) is 11.0. The van der Waals surface area contributed by atoms with Crippen molar-refractivity contribution in [2.75, 3.05) is 0 Å². The first kappa shape index (κ1) is 11.0. The topological polar surface area (TPSA) is 30.0 Å². The van der Waals surface area contributed by atoms with E-state index >= 15 is 0 Å². The summed E-state index contributed by atoms with van der Waals surface area (Å²) < 4.78 is 0.895. The van der Waals surface area contributed by atoms with Crippen LogP contribution in [-0.2, 0) is 0 Å². The predicted molar refractivity (Wildman–Crippen MR) is 66.5 cm³/mol. The van der Waals surface area contributed by atoms with E-state index in [4.69, 9.17) is 0 Å². The van der Waals surface area contributed by atoms with E-state index in [1.54, 1.807) is 18.3 Å². The minimum Gasteiger partial charge on any atom is -0.287 e. The van der Waals surface area contributed by atoms with Gasteiger partial charge in [-0.3, -0.25) is 9.78 Å². The molecule has 0 amide bonds. The van der Waals surface area contributed by atoms with Gasteiger partial charge in [0.1, 0.15) is 5.69 Å². The summed E-state index contributed by atoms with van der Waals surface area (Å²) in [5.41, 5.74) is 2.06. The van der Waals surface area contributed by atoms with Crippen molar-refractivity contribution in [1.82, 2.24) is 4.98 Å². The zero-order chi connectivity index (χ0) is 11.5. The Balaban J connectivity index is 2.44. The van der Waals surface area contributed by atoms with Crippen molar-refractivity contribution < 1.29 is 4.79 Å². The van der Waals surface area contributed by atoms with E-state index in [0.29, 0.717) is 11.3 Å². The maximum Gasteiger partial charge on any atom is 0.211 e. The van der Waals surface area contributed by atoms with E-state index in [2.05, 4.69) is 20.9 Å². The maximum absolute atomic E-state index is 12.1. The normalized spacial score (nSPS) is 10.1. The van der Waals surface area contributed by atoms with Crippen molar-refractivity contribution in [3.63, 3.8) is 0 Å². The summed E-state index contributed by atoms with van der Waals surface area (Å²) >= 11 is 3.35. The molecular formula is C13H10BrNO. The SMILES string of the molecule is Cc1cccnc1C(=O)c1cccc(Br)c1. The van der Waals surface area contributed by atoms with Crippen LogP contribution in [0.2, 0.25) is 0 Å². The third-order valence-electron chi connectivity index (χ3n) is 2.31. The van der Waals surface area contributed by atoms with Crippen molar-refractivity contribution in [1.29, 1.82) is 0 Å². The molecule has 0 saturated carbocycles. The Morgan fingerprint density at radius 2 is 2.06 bits per heavy atom. The Kier molecular flexibility index (Phi) is 3.15. The number of aryl methyl sites for hydroxylation is 1. The standard InChI is InChI=1S/C13H10BrNO/c1-9-4-3-7-15-12(9)13(16)10-5-2-6-11(14)8-10/h2-8H,1H3. The number of pyridine rings is 1. The second-order valence-corrected chi connectivity index (χ2v) is 4.42. The van der Waals surface area contributed by atoms with E-state index < -0.39 is 0 Å². The zero-order valence-electron chi connectivity index (χ0n) is 8.77. The molecule has 80 valence electrons. The molecule has 0 aliphatic rings. The fraction of sp³-hybridized carbons (Fsp3) is 0.0769. The first-order chi connectivity index (χ1) is 7.68. The van der Waals surface area contributed by atoms with Crippen LogP contribution in [0.25, 0.3) is 0 Å². The molecule has 2 nitrogen and oxygen atoms in total. The van der Waals surface area contributed by atoms with Crippen LogP contribution in [0.4, 0.5) is 0 Å². The van der Waals surface area contributed by atoms with Crippen LogP contribution in [0.5, 0.6) is 0 Å². The van der Waals surface area contributed by atoms with Crippen molar-refractivity contribution in [3.8, 4) is 0 Å². The summed E-state index contributed by atoms with van der Waals surface area (Å²) in [6.07, 6.45) is 1.64. The number of ketones is 1. The molecule has 0 atom stereocenters. The Hall–Kier alpha value is -1.48. The molecule has 0 unspecified atom stereocenters. The lowest BCUT2D eigenvalue weighted by Crippen LogP contribution is -2.05. The Morgan fingerprint density at radius 1 is 1.25 bits per heavy atom. The number of nitrogens with zero attached hydrogens (tertiary/aromatic N) is 1. The van der Waals surface area contributed by atoms with Gasteiger partial charge in [-0.05, 0) is 30.7 Å². The molecule has 0 N–H and O–H groups in total. The highest BCUT2D eigenvalue weighted by Crippen LogP contribution is 2.16. The lowest BCUT2D eigenvalue weighted by Gasteiger charge is -2.03. The molecule has 0 spiro atoms. The lowest BCUT2D eigenvalue weighted by atomic mass is 10.0. The third-order valence-corrected chi connectivity index (χ3v) is 2.80. The number of hydrogen-bond donors (Lipinski definition) is 0. The number of carbonyl (C=O) groups excluding carboxylic acids is 1. The molecule has 0 aliphatic heterocycles. The smallest absolute Gasteiger partial charge is 0.211 e. The van der Waals surface area contributed by atoms with E-state index in [-0.39, 0.29) is 5.78 Å². The molecule has 0 bridgehead atoms. The summed E-state index contributed by atoms with van der Waals surface area (Å²) in [5.74, 6) is -0.0422. The number of hydrogen-bond acceptors (Lipinski definition) is 2.